The van der Waals surface area contributed by atoms with E-state index in [9.17, 15) is 18.0 Å². The largest absolute Gasteiger partial charge is 0.464 e. The third kappa shape index (κ3) is 8.64. The molecule has 0 saturated heterocycles. The second-order valence-corrected chi connectivity index (χ2v) is 6.95. The number of nitrogens with one attached hydrogen (secondary N) is 1. The summed E-state index contributed by atoms with van der Waals surface area (Å²) in [5, 5.41) is 2.48. The summed E-state index contributed by atoms with van der Waals surface area (Å²) in [5.74, 6) is -1.76. The van der Waals surface area contributed by atoms with Gasteiger partial charge in [-0.2, -0.15) is 8.42 Å². The van der Waals surface area contributed by atoms with Crippen molar-refractivity contribution in [2.24, 2.45) is 0 Å². The highest BCUT2D eigenvalue weighted by Crippen LogP contribution is 2.04. The van der Waals surface area contributed by atoms with Crippen molar-refractivity contribution < 1.29 is 27.3 Å². The van der Waals surface area contributed by atoms with Crippen LogP contribution in [0, 0.1) is 0 Å². The molecule has 0 spiro atoms. The zero-order valence-corrected chi connectivity index (χ0v) is 14.4. The van der Waals surface area contributed by atoms with E-state index in [1.54, 1.807) is 24.3 Å². The van der Waals surface area contributed by atoms with Gasteiger partial charge in [0.2, 0.25) is 5.91 Å². The number of hydrogen-bond donors (Lipinski definition) is 2. The topological polar surface area (TPSA) is 110 Å². The predicted molar refractivity (Wildman–Crippen MR) is 89.0 cm³/mol. The molecule has 0 aromatic heterocycles. The highest BCUT2D eigenvalue weighted by atomic mass is 32.2. The summed E-state index contributed by atoms with van der Waals surface area (Å²) in [7, 11) is -4.23. The van der Waals surface area contributed by atoms with E-state index in [0.717, 1.165) is 12.0 Å². The van der Waals surface area contributed by atoms with Crippen LogP contribution in [0.2, 0.25) is 0 Å². The minimum atomic E-state index is -4.23. The maximum atomic E-state index is 12.1. The molecule has 0 aliphatic carbocycles. The average Bonchev–Trinajstić information content (AvgIpc) is 2.51. The minimum absolute atomic E-state index is 0.0610. The first kappa shape index (κ1) is 20.1. The van der Waals surface area contributed by atoms with Crippen LogP contribution in [-0.2, 0) is 30.9 Å². The molecule has 0 fully saturated rings. The van der Waals surface area contributed by atoms with Crippen molar-refractivity contribution >= 4 is 22.0 Å². The van der Waals surface area contributed by atoms with Crippen molar-refractivity contribution in [3.05, 3.63) is 35.9 Å². The molecular formula is C16H23NO6S. The zero-order chi connectivity index (χ0) is 18.0. The van der Waals surface area contributed by atoms with Crippen molar-refractivity contribution in [3.63, 3.8) is 0 Å². The van der Waals surface area contributed by atoms with Gasteiger partial charge in [-0.05, 0) is 18.4 Å². The normalized spacial score (nSPS) is 12.4. The summed E-state index contributed by atoms with van der Waals surface area (Å²) in [6.07, 6.45) is 1.33. The minimum Gasteiger partial charge on any atom is -0.464 e. The molecule has 8 heteroatoms. The molecule has 134 valence electrons. The number of carbonyl (C=O) groups excluding carboxylic acids is 2. The molecular weight excluding hydrogens is 334 g/mol. The first-order valence-electron chi connectivity index (χ1n) is 7.77. The van der Waals surface area contributed by atoms with Gasteiger partial charge in [0.05, 0.1) is 18.8 Å². The molecule has 1 aromatic carbocycles. The maximum Gasteiger partial charge on any atom is 0.328 e. The first-order valence-corrected chi connectivity index (χ1v) is 9.38. The van der Waals surface area contributed by atoms with Gasteiger partial charge in [0.15, 0.2) is 0 Å². The van der Waals surface area contributed by atoms with Crippen LogP contribution in [0.15, 0.2) is 30.3 Å². The molecule has 0 unspecified atom stereocenters. The molecule has 1 aromatic rings. The molecule has 0 bridgehead atoms. The van der Waals surface area contributed by atoms with Crippen LogP contribution < -0.4 is 5.32 Å². The lowest BCUT2D eigenvalue weighted by Crippen LogP contribution is -2.43. The van der Waals surface area contributed by atoms with Gasteiger partial charge in [0.1, 0.15) is 6.04 Å². The maximum absolute atomic E-state index is 12.1. The summed E-state index contributed by atoms with van der Waals surface area (Å²) in [6.45, 7) is 2.14. The van der Waals surface area contributed by atoms with Gasteiger partial charge >= 0.3 is 5.97 Å². The Bertz CT molecular complexity index is 629. The van der Waals surface area contributed by atoms with Gasteiger partial charge in [-0.1, -0.05) is 43.7 Å². The lowest BCUT2D eigenvalue weighted by Gasteiger charge is -2.17. The third-order valence-corrected chi connectivity index (χ3v) is 3.99. The molecule has 24 heavy (non-hydrogen) atoms. The summed E-state index contributed by atoms with van der Waals surface area (Å²) in [6, 6.07) is 7.83. The molecule has 1 amide bonds. The number of ether oxygens (including phenoxy) is 1. The van der Waals surface area contributed by atoms with Gasteiger partial charge in [-0.25, -0.2) is 4.79 Å². The fourth-order valence-corrected chi connectivity index (χ4v) is 2.49. The first-order chi connectivity index (χ1) is 11.3. The van der Waals surface area contributed by atoms with Crippen LogP contribution in [0.4, 0.5) is 0 Å². The highest BCUT2D eigenvalue weighted by Gasteiger charge is 2.24. The quantitative estimate of drug-likeness (QED) is 0.371. The Morgan fingerprint density at radius 1 is 1.25 bits per heavy atom. The van der Waals surface area contributed by atoms with Crippen LogP contribution in [0.25, 0.3) is 0 Å². The fraction of sp³-hybridized carbons (Fsp3) is 0.500. The van der Waals surface area contributed by atoms with Crippen LogP contribution in [0.5, 0.6) is 0 Å². The molecule has 7 nitrogen and oxygen atoms in total. The Balaban J connectivity index is 2.65. The van der Waals surface area contributed by atoms with E-state index < -0.39 is 33.8 Å². The van der Waals surface area contributed by atoms with E-state index in [2.05, 4.69) is 5.32 Å². The smallest absolute Gasteiger partial charge is 0.328 e. The summed E-state index contributed by atoms with van der Waals surface area (Å²) < 4.78 is 35.6. The van der Waals surface area contributed by atoms with Crippen LogP contribution >= 0.6 is 0 Å². The fourth-order valence-electron chi connectivity index (χ4n) is 1.96. The Labute approximate surface area is 142 Å². The number of rotatable bonds is 10. The van der Waals surface area contributed by atoms with Crippen LogP contribution in [0.1, 0.15) is 31.7 Å². The number of amides is 1. The van der Waals surface area contributed by atoms with E-state index in [4.69, 9.17) is 9.29 Å². The molecule has 1 atom stereocenters. The Morgan fingerprint density at radius 2 is 1.92 bits per heavy atom. The van der Waals surface area contributed by atoms with Gasteiger partial charge < -0.3 is 10.1 Å². The Morgan fingerprint density at radius 3 is 2.50 bits per heavy atom. The van der Waals surface area contributed by atoms with E-state index in [0.29, 0.717) is 6.42 Å². The van der Waals surface area contributed by atoms with Crippen molar-refractivity contribution in [1.29, 1.82) is 0 Å². The van der Waals surface area contributed by atoms with Crippen molar-refractivity contribution in [3.8, 4) is 0 Å². The monoisotopic (exact) mass is 357 g/mol. The van der Waals surface area contributed by atoms with Crippen LogP contribution in [0.3, 0.4) is 0 Å². The van der Waals surface area contributed by atoms with Crippen molar-refractivity contribution in [1.82, 2.24) is 5.32 Å². The van der Waals surface area contributed by atoms with Crippen molar-refractivity contribution in [2.45, 2.75) is 38.6 Å². The number of carbonyl (C=O) groups is 2. The van der Waals surface area contributed by atoms with E-state index in [-0.39, 0.29) is 19.4 Å². The predicted octanol–water partition coefficient (Wildman–Crippen LogP) is 1.34. The lowest BCUT2D eigenvalue weighted by molar-refractivity contribution is -0.148. The van der Waals surface area contributed by atoms with Gasteiger partial charge in [0, 0.05) is 0 Å². The van der Waals surface area contributed by atoms with Crippen LogP contribution in [-0.4, -0.2) is 43.2 Å². The molecule has 1 rings (SSSR count). The standard InChI is InChI=1S/C16H23NO6S/c1-2-3-10-23-16(19)14(9-11-24(20,21)22)17-15(18)12-13-7-5-4-6-8-13/h4-8,14H,2-3,9-12H2,1H3,(H,17,18)(H,20,21,22)/t14-/m0/s1. The Hall–Kier alpha value is -1.93. The summed E-state index contributed by atoms with van der Waals surface area (Å²) in [5.41, 5.74) is 0.767. The third-order valence-electron chi connectivity index (χ3n) is 3.23. The zero-order valence-electron chi connectivity index (χ0n) is 13.6. The van der Waals surface area contributed by atoms with E-state index in [1.165, 1.54) is 0 Å². The molecule has 0 aliphatic rings. The van der Waals surface area contributed by atoms with E-state index >= 15 is 0 Å². The number of esters is 1. The lowest BCUT2D eigenvalue weighted by atomic mass is 10.1. The van der Waals surface area contributed by atoms with E-state index in [1.807, 2.05) is 13.0 Å². The average molecular weight is 357 g/mol. The van der Waals surface area contributed by atoms with Crippen molar-refractivity contribution in [2.75, 3.05) is 12.4 Å². The van der Waals surface area contributed by atoms with Gasteiger partial charge in [0.25, 0.3) is 10.1 Å². The summed E-state index contributed by atoms with van der Waals surface area (Å²) >= 11 is 0. The summed E-state index contributed by atoms with van der Waals surface area (Å²) in [4.78, 5) is 24.1. The number of unbranched alkanes of at least 4 members (excludes halogenated alkanes) is 1. The molecule has 0 saturated carbocycles. The molecule has 0 radical (unpaired) electrons. The Kier molecular flexibility index (Phi) is 8.42. The second kappa shape index (κ2) is 10.0. The highest BCUT2D eigenvalue weighted by molar-refractivity contribution is 7.85. The van der Waals surface area contributed by atoms with Gasteiger partial charge in [-0.15, -0.1) is 0 Å². The molecule has 0 heterocycles. The molecule has 0 aliphatic heterocycles. The molecule has 2 N–H and O–H groups in total. The SMILES string of the molecule is CCCCOC(=O)[C@H](CCS(=O)(=O)O)NC(=O)Cc1ccccc1. The van der Waals surface area contributed by atoms with Gasteiger partial charge in [-0.3, -0.25) is 9.35 Å². The number of benzene rings is 1. The number of hydrogen-bond acceptors (Lipinski definition) is 5. The second-order valence-electron chi connectivity index (χ2n) is 5.38.